The van der Waals surface area contributed by atoms with E-state index in [0.717, 1.165) is 31.1 Å². The van der Waals surface area contributed by atoms with Gasteiger partial charge in [0.2, 0.25) is 17.7 Å². The Morgan fingerprint density at radius 2 is 0.622 bits per heavy atom. The van der Waals surface area contributed by atoms with Crippen LogP contribution in [0.2, 0.25) is 15.1 Å². The quantitative estimate of drug-likeness (QED) is 0.0551. The molecule has 0 aliphatic carbocycles. The van der Waals surface area contributed by atoms with Crippen LogP contribution in [-0.4, -0.2) is 128 Å². The van der Waals surface area contributed by atoms with Gasteiger partial charge in [0.05, 0.1) is 31.8 Å². The van der Waals surface area contributed by atoms with E-state index in [1.807, 2.05) is 0 Å². The van der Waals surface area contributed by atoms with Crippen LogP contribution in [0.15, 0.2) is 127 Å². The summed E-state index contributed by atoms with van der Waals surface area (Å²) in [7, 11) is -8.08. The summed E-state index contributed by atoms with van der Waals surface area (Å²) in [6, 6.07) is 22.7. The maximum atomic E-state index is 13.3. The predicted octanol–water partition coefficient (Wildman–Crippen LogP) is 9.10. The lowest BCUT2D eigenvalue weighted by molar-refractivity contribution is -0.120. The number of carbonyl (C=O) groups excluding carboxylic acids is 3. The Balaban J connectivity index is 0.000000284. The summed E-state index contributed by atoms with van der Waals surface area (Å²) in [4.78, 5) is 71.1. The molecule has 2 unspecified atom stereocenters. The van der Waals surface area contributed by atoms with E-state index in [2.05, 4.69) is 30.1 Å². The van der Waals surface area contributed by atoms with Crippen molar-refractivity contribution in [2.24, 2.45) is 0 Å². The largest absolute Gasteiger partial charge is 0.478 e. The first-order valence-corrected chi connectivity index (χ1v) is 30.7. The Bertz CT molecular complexity index is 3590. The topological polar surface area (TPSA) is 347 Å². The molecular weight excluding hydrogens is 1310 g/mol. The summed E-state index contributed by atoms with van der Waals surface area (Å²) >= 11 is 17.1. The Morgan fingerprint density at radius 3 is 0.811 bits per heavy atom. The van der Waals surface area contributed by atoms with Crippen molar-refractivity contribution >= 4 is 118 Å². The second kappa shape index (κ2) is 31.0. The molecule has 6 atom stereocenters. The number of carboxylic acid groups (broad SMARTS) is 3. The number of nitrogens with zero attached hydrogens (tertiary/aromatic N) is 3. The van der Waals surface area contributed by atoms with Crippen molar-refractivity contribution in [3.63, 3.8) is 0 Å². The highest BCUT2D eigenvalue weighted by atomic mass is 35.5. The van der Waals surface area contributed by atoms with E-state index >= 15 is 0 Å². The number of amides is 3. The number of hydrogen-bond donors (Lipinski definition) is 9. The van der Waals surface area contributed by atoms with Crippen molar-refractivity contribution in [3.05, 3.63) is 193 Å². The molecule has 486 valence electrons. The molecule has 0 radical (unpaired) electrons. The molecule has 3 aliphatic rings. The van der Waals surface area contributed by atoms with Gasteiger partial charge in [0, 0.05) is 56.3 Å². The monoisotopic (exact) mass is 1370 g/mol. The van der Waals surface area contributed by atoms with Crippen LogP contribution in [0.3, 0.4) is 0 Å². The zero-order valence-electron chi connectivity index (χ0n) is 45.3. The second-order valence-electron chi connectivity index (χ2n) is 19.5. The Labute approximate surface area is 532 Å². The van der Waals surface area contributed by atoms with Crippen LogP contribution in [0.5, 0.6) is 0 Å². The summed E-state index contributed by atoms with van der Waals surface area (Å²) < 4.78 is 125. The number of benzene rings is 6. The summed E-state index contributed by atoms with van der Waals surface area (Å²) in [5, 5.41) is 34.1. The molecule has 9 rings (SSSR count). The first kappa shape index (κ1) is 74.9. The van der Waals surface area contributed by atoms with Crippen LogP contribution in [-0.2, 0) is 45.0 Å². The normalized spacial score (nSPS) is 20.8. The van der Waals surface area contributed by atoms with Crippen LogP contribution < -0.4 is 30.1 Å². The molecule has 6 aromatic rings. The minimum Gasteiger partial charge on any atom is -0.478 e. The van der Waals surface area contributed by atoms with E-state index in [0.29, 0.717) is 16.7 Å². The number of nitrogens with one attached hydrogen (secondary N) is 6. The van der Waals surface area contributed by atoms with E-state index in [1.165, 1.54) is 130 Å². The van der Waals surface area contributed by atoms with Gasteiger partial charge >= 0.3 is 17.9 Å². The first-order chi connectivity index (χ1) is 40.7. The zero-order valence-corrected chi connectivity index (χ0v) is 50.0. The van der Waals surface area contributed by atoms with Crippen molar-refractivity contribution in [1.82, 2.24) is 27.1 Å². The molecule has 6 aromatic carbocycles. The second-order valence-corrected chi connectivity index (χ2v) is 26.0. The number of halogens is 6. The molecule has 3 heterocycles. The molecule has 0 bridgehead atoms. The van der Waals surface area contributed by atoms with Gasteiger partial charge in [-0.2, -0.15) is 52.3 Å². The summed E-state index contributed by atoms with van der Waals surface area (Å²) in [5.41, 5.74) is 2.44. The summed E-state index contributed by atoms with van der Waals surface area (Å²) in [6.07, 6.45) is 0.300. The lowest BCUT2D eigenvalue weighted by Gasteiger charge is -2.36. The molecule has 3 amide bonds. The van der Waals surface area contributed by atoms with E-state index < -0.39 is 120 Å². The van der Waals surface area contributed by atoms with Crippen molar-refractivity contribution in [2.75, 3.05) is 37.1 Å². The molecule has 0 aromatic heterocycles. The van der Waals surface area contributed by atoms with Gasteiger partial charge in [-0.15, -0.1) is 0 Å². The number of hydrogen-bond acceptors (Lipinski definition) is 12. The van der Waals surface area contributed by atoms with Gasteiger partial charge in [0.15, 0.2) is 0 Å². The average Bonchev–Trinajstić information content (AvgIpc) is 0.845. The standard InChI is InChI=1S/3C18H17ClFN3O5S.3CH4/c3*1-23-16(17(24)21-12-6-7-14(20)13(19)8-12)9-15(22-29(23,27)28)10-2-4-11(5-3-10)18(25)26;;;/h3*2-8,15-16,22H,9H2,1H3,(H,21,24)(H,25,26);3*1H4/t2*15-,16+;;;;/m10..../s1. The SMILES string of the molecule is C.C.C.CN1C(C(=O)Nc2ccc(F)c(Cl)c2)CC(c2ccc(C(=O)O)cc2)NS1(=O)=O.CN1[C@@H](C(=O)Nc2ccc(F)c(Cl)c2)C[C@@H](c2ccc(C(=O)O)cc2)NS1(=O)=O.CN1[C@H](C(=O)Nc2ccc(F)c(Cl)c2)C[C@H](c2ccc(C(=O)O)cc2)NS1(=O)=O. The third-order valence-corrected chi connectivity index (χ3v) is 19.5. The van der Waals surface area contributed by atoms with Crippen molar-refractivity contribution in [1.29, 1.82) is 0 Å². The Morgan fingerprint density at radius 1 is 0.411 bits per heavy atom. The fraction of sp³-hybridized carbons (Fsp3) is 0.263. The van der Waals surface area contributed by atoms with Gasteiger partial charge in [-0.05, 0) is 127 Å². The number of aromatic carboxylic acids is 3. The van der Waals surface area contributed by atoms with Crippen LogP contribution in [0.4, 0.5) is 30.2 Å². The third-order valence-electron chi connectivity index (χ3n) is 13.9. The van der Waals surface area contributed by atoms with Crippen LogP contribution in [0.25, 0.3) is 0 Å². The number of anilines is 3. The molecule has 9 N–H and O–H groups in total. The zero-order chi connectivity index (χ0) is 64.0. The molecule has 0 saturated carbocycles. The van der Waals surface area contributed by atoms with E-state index in [4.69, 9.17) is 50.1 Å². The number of likely N-dealkylation sites (N-methyl/N-ethyl adjacent to an activating group) is 3. The van der Waals surface area contributed by atoms with Crippen LogP contribution >= 0.6 is 34.8 Å². The average molecular weight is 1370 g/mol. The third kappa shape index (κ3) is 18.3. The highest BCUT2D eigenvalue weighted by Gasteiger charge is 2.43. The molecule has 3 aliphatic heterocycles. The van der Waals surface area contributed by atoms with Crippen molar-refractivity contribution < 1.29 is 82.5 Å². The minimum atomic E-state index is -3.97. The summed E-state index contributed by atoms with van der Waals surface area (Å²) in [6.45, 7) is 0. The molecule has 24 nitrogen and oxygen atoms in total. The van der Waals surface area contributed by atoms with Crippen molar-refractivity contribution in [2.45, 2.75) is 77.8 Å². The van der Waals surface area contributed by atoms with E-state index in [9.17, 15) is 67.2 Å². The highest BCUT2D eigenvalue weighted by Crippen LogP contribution is 2.33. The molecule has 0 spiro atoms. The predicted molar refractivity (Wildman–Crippen MR) is 333 cm³/mol. The lowest BCUT2D eigenvalue weighted by Crippen LogP contribution is -2.55. The smallest absolute Gasteiger partial charge is 0.335 e. The molecular formula is C57H63Cl3F3N9O15S3. The number of rotatable bonds is 12. The summed E-state index contributed by atoms with van der Waals surface area (Å²) in [5.74, 6) is -7.04. The van der Waals surface area contributed by atoms with Gasteiger partial charge in [0.25, 0.3) is 30.6 Å². The lowest BCUT2D eigenvalue weighted by atomic mass is 9.98. The Hall–Kier alpha value is -7.59. The van der Waals surface area contributed by atoms with Gasteiger partial charge in [-0.1, -0.05) is 93.5 Å². The maximum absolute atomic E-state index is 13.3. The van der Waals surface area contributed by atoms with Crippen molar-refractivity contribution in [3.8, 4) is 0 Å². The molecule has 3 saturated heterocycles. The Kier molecular flexibility index (Phi) is 25.7. The fourth-order valence-electron chi connectivity index (χ4n) is 8.95. The van der Waals surface area contributed by atoms with E-state index in [-0.39, 0.29) is 90.4 Å². The fourth-order valence-corrected chi connectivity index (χ4v) is 13.3. The number of carboxylic acids is 3. The highest BCUT2D eigenvalue weighted by molar-refractivity contribution is 7.87. The van der Waals surface area contributed by atoms with Gasteiger partial charge < -0.3 is 31.3 Å². The maximum Gasteiger partial charge on any atom is 0.335 e. The van der Waals surface area contributed by atoms with Crippen LogP contribution in [0, 0.1) is 17.5 Å². The first-order valence-electron chi connectivity index (χ1n) is 25.3. The van der Waals surface area contributed by atoms with Crippen LogP contribution in [0.1, 0.15) is 107 Å². The molecule has 90 heavy (non-hydrogen) atoms. The minimum absolute atomic E-state index is 0. The van der Waals surface area contributed by atoms with Gasteiger partial charge in [0.1, 0.15) is 35.6 Å². The molecule has 33 heteroatoms. The number of carbonyl (C=O) groups is 6. The van der Waals surface area contributed by atoms with E-state index in [1.54, 1.807) is 0 Å². The van der Waals surface area contributed by atoms with Gasteiger partial charge in [-0.3, -0.25) is 14.4 Å². The van der Waals surface area contributed by atoms with Gasteiger partial charge in [-0.25, -0.2) is 27.6 Å². The molecule has 3 fully saturated rings.